The average molecular weight is 298 g/mol. The van der Waals surface area contributed by atoms with Gasteiger partial charge < -0.3 is 5.32 Å². The van der Waals surface area contributed by atoms with Crippen molar-refractivity contribution in [3.8, 4) is 11.1 Å². The van der Waals surface area contributed by atoms with Gasteiger partial charge in [-0.2, -0.15) is 0 Å². The van der Waals surface area contributed by atoms with Gasteiger partial charge in [-0.25, -0.2) is 4.39 Å². The minimum atomic E-state index is -0.342. The van der Waals surface area contributed by atoms with Crippen LogP contribution in [0.15, 0.2) is 36.4 Å². The fourth-order valence-corrected chi connectivity index (χ4v) is 2.28. The van der Waals surface area contributed by atoms with Crippen LogP contribution in [0, 0.1) is 5.82 Å². The van der Waals surface area contributed by atoms with Gasteiger partial charge in [-0.05, 0) is 53.6 Å². The smallest absolute Gasteiger partial charge is 0.125 e. The van der Waals surface area contributed by atoms with Gasteiger partial charge in [0, 0.05) is 16.6 Å². The van der Waals surface area contributed by atoms with Crippen LogP contribution in [-0.2, 0) is 6.54 Å². The van der Waals surface area contributed by atoms with E-state index in [4.69, 9.17) is 23.2 Å². The van der Waals surface area contributed by atoms with Crippen LogP contribution in [0.2, 0.25) is 10.0 Å². The quantitative estimate of drug-likeness (QED) is 0.845. The molecule has 0 bridgehead atoms. The van der Waals surface area contributed by atoms with Crippen LogP contribution in [0.4, 0.5) is 4.39 Å². The summed E-state index contributed by atoms with van der Waals surface area (Å²) in [6, 6.07) is 10.1. The predicted octanol–water partition coefficient (Wildman–Crippen LogP) is 4.91. The number of hydrogen-bond donors (Lipinski definition) is 1. The maximum Gasteiger partial charge on any atom is 0.125 e. The summed E-state index contributed by atoms with van der Waals surface area (Å²) < 4.78 is 13.4. The normalized spacial score (nSPS) is 10.7. The molecule has 0 radical (unpaired) electrons. The number of hydrogen-bond acceptors (Lipinski definition) is 1. The molecule has 0 amide bonds. The van der Waals surface area contributed by atoms with Crippen molar-refractivity contribution in [3.05, 3.63) is 57.8 Å². The van der Waals surface area contributed by atoms with Crippen molar-refractivity contribution >= 4 is 23.2 Å². The molecule has 0 unspecified atom stereocenters. The van der Waals surface area contributed by atoms with Crippen molar-refractivity contribution in [1.29, 1.82) is 0 Å². The third kappa shape index (κ3) is 3.69. The van der Waals surface area contributed by atoms with Gasteiger partial charge in [0.25, 0.3) is 0 Å². The first-order valence-corrected chi connectivity index (χ1v) is 6.81. The molecular weight excluding hydrogens is 284 g/mol. The Morgan fingerprint density at radius 2 is 1.84 bits per heavy atom. The van der Waals surface area contributed by atoms with Crippen LogP contribution in [0.1, 0.15) is 12.5 Å². The molecule has 0 aliphatic heterocycles. The molecule has 2 aromatic rings. The molecule has 0 saturated heterocycles. The minimum absolute atomic E-state index is 0.342. The van der Waals surface area contributed by atoms with Crippen LogP contribution in [-0.4, -0.2) is 6.54 Å². The molecule has 0 aliphatic rings. The molecule has 0 heterocycles. The summed E-state index contributed by atoms with van der Waals surface area (Å²) in [5.74, 6) is -0.342. The Morgan fingerprint density at radius 1 is 1.05 bits per heavy atom. The molecule has 0 spiro atoms. The van der Waals surface area contributed by atoms with Gasteiger partial charge in [0.1, 0.15) is 5.82 Å². The van der Waals surface area contributed by atoms with Crippen LogP contribution in [0.25, 0.3) is 11.1 Å². The van der Waals surface area contributed by atoms with E-state index in [1.165, 1.54) is 12.1 Å². The third-order valence-corrected chi connectivity index (χ3v) is 3.39. The van der Waals surface area contributed by atoms with Crippen molar-refractivity contribution in [2.45, 2.75) is 13.5 Å². The van der Waals surface area contributed by atoms with Crippen molar-refractivity contribution < 1.29 is 4.39 Å². The molecule has 2 aromatic carbocycles. The van der Waals surface area contributed by atoms with E-state index >= 15 is 0 Å². The number of rotatable bonds is 4. The Hall–Kier alpha value is -1.09. The van der Waals surface area contributed by atoms with E-state index in [0.717, 1.165) is 23.2 Å². The first kappa shape index (κ1) is 14.3. The number of halogens is 3. The number of nitrogens with one attached hydrogen (secondary N) is 1. The van der Waals surface area contributed by atoms with Crippen LogP contribution < -0.4 is 5.32 Å². The fraction of sp³-hybridized carbons (Fsp3) is 0.200. The van der Waals surface area contributed by atoms with E-state index in [1.54, 1.807) is 6.07 Å². The summed E-state index contributed by atoms with van der Waals surface area (Å²) in [7, 11) is 0. The molecule has 1 nitrogen and oxygen atoms in total. The van der Waals surface area contributed by atoms with Crippen LogP contribution >= 0.6 is 23.2 Å². The first-order valence-electron chi connectivity index (χ1n) is 6.05. The lowest BCUT2D eigenvalue weighted by molar-refractivity contribution is 0.628. The Labute approximate surface area is 122 Å². The summed E-state index contributed by atoms with van der Waals surface area (Å²) in [5, 5.41) is 4.31. The molecule has 100 valence electrons. The summed E-state index contributed by atoms with van der Waals surface area (Å²) in [5.41, 5.74) is 2.64. The molecule has 0 atom stereocenters. The second kappa shape index (κ2) is 6.38. The summed E-state index contributed by atoms with van der Waals surface area (Å²) in [6.45, 7) is 3.59. The fourth-order valence-electron chi connectivity index (χ4n) is 1.87. The molecule has 0 saturated carbocycles. The van der Waals surface area contributed by atoms with Crippen molar-refractivity contribution in [1.82, 2.24) is 5.32 Å². The molecule has 0 aromatic heterocycles. The summed E-state index contributed by atoms with van der Waals surface area (Å²) >= 11 is 12.0. The van der Waals surface area contributed by atoms with E-state index in [2.05, 4.69) is 5.32 Å². The zero-order chi connectivity index (χ0) is 13.8. The topological polar surface area (TPSA) is 12.0 Å². The van der Waals surface area contributed by atoms with E-state index < -0.39 is 0 Å². The van der Waals surface area contributed by atoms with Gasteiger partial charge in [0.2, 0.25) is 0 Å². The summed E-state index contributed by atoms with van der Waals surface area (Å²) in [6.07, 6.45) is 0. The maximum atomic E-state index is 13.4. The SMILES string of the molecule is CCNCc1cc(-c2cc(F)cc(Cl)c2)ccc1Cl. The van der Waals surface area contributed by atoms with Crippen LogP contribution in [0.3, 0.4) is 0 Å². The van der Waals surface area contributed by atoms with Crippen molar-refractivity contribution in [2.75, 3.05) is 6.54 Å². The summed E-state index contributed by atoms with van der Waals surface area (Å²) in [4.78, 5) is 0. The molecule has 19 heavy (non-hydrogen) atoms. The highest BCUT2D eigenvalue weighted by atomic mass is 35.5. The van der Waals surface area contributed by atoms with E-state index in [0.29, 0.717) is 16.6 Å². The Bertz CT molecular complexity index is 564. The lowest BCUT2D eigenvalue weighted by Crippen LogP contribution is -2.12. The van der Waals surface area contributed by atoms with Crippen molar-refractivity contribution in [3.63, 3.8) is 0 Å². The van der Waals surface area contributed by atoms with Gasteiger partial charge >= 0.3 is 0 Å². The highest BCUT2D eigenvalue weighted by molar-refractivity contribution is 6.31. The van der Waals surface area contributed by atoms with Gasteiger partial charge in [-0.1, -0.05) is 36.2 Å². The van der Waals surface area contributed by atoms with Gasteiger partial charge in [0.05, 0.1) is 0 Å². The number of benzene rings is 2. The standard InChI is InChI=1S/C15H14Cl2FN/c1-2-19-9-12-5-10(3-4-15(12)17)11-6-13(16)8-14(18)7-11/h3-8,19H,2,9H2,1H3. The molecule has 4 heteroatoms. The molecule has 1 N–H and O–H groups in total. The van der Waals surface area contributed by atoms with E-state index in [1.807, 2.05) is 25.1 Å². The molecule has 2 rings (SSSR count). The zero-order valence-electron chi connectivity index (χ0n) is 10.5. The third-order valence-electron chi connectivity index (χ3n) is 2.81. The second-order valence-corrected chi connectivity index (χ2v) is 5.09. The van der Waals surface area contributed by atoms with Crippen LogP contribution in [0.5, 0.6) is 0 Å². The largest absolute Gasteiger partial charge is 0.313 e. The van der Waals surface area contributed by atoms with E-state index in [-0.39, 0.29) is 5.82 Å². The Morgan fingerprint density at radius 3 is 2.53 bits per heavy atom. The van der Waals surface area contributed by atoms with E-state index in [9.17, 15) is 4.39 Å². The lowest BCUT2D eigenvalue weighted by atomic mass is 10.0. The Balaban J connectivity index is 2.39. The average Bonchev–Trinajstić information content (AvgIpc) is 2.36. The van der Waals surface area contributed by atoms with Gasteiger partial charge in [-0.3, -0.25) is 0 Å². The van der Waals surface area contributed by atoms with Crippen molar-refractivity contribution in [2.24, 2.45) is 0 Å². The Kier molecular flexibility index (Phi) is 4.81. The maximum absolute atomic E-state index is 13.4. The second-order valence-electron chi connectivity index (χ2n) is 4.24. The predicted molar refractivity (Wildman–Crippen MR) is 79.2 cm³/mol. The highest BCUT2D eigenvalue weighted by Gasteiger charge is 2.06. The van der Waals surface area contributed by atoms with Gasteiger partial charge in [-0.15, -0.1) is 0 Å². The monoisotopic (exact) mass is 297 g/mol. The minimum Gasteiger partial charge on any atom is -0.313 e. The molecule has 0 fully saturated rings. The zero-order valence-corrected chi connectivity index (χ0v) is 12.0. The molecular formula is C15H14Cl2FN. The first-order chi connectivity index (χ1) is 9.10. The lowest BCUT2D eigenvalue weighted by Gasteiger charge is -2.09. The highest BCUT2D eigenvalue weighted by Crippen LogP contribution is 2.28. The molecule has 0 aliphatic carbocycles. The van der Waals surface area contributed by atoms with Gasteiger partial charge in [0.15, 0.2) is 0 Å².